The summed E-state index contributed by atoms with van der Waals surface area (Å²) in [6.45, 7) is 1.90. The van der Waals surface area contributed by atoms with E-state index in [1.165, 1.54) is 5.56 Å². The summed E-state index contributed by atoms with van der Waals surface area (Å²) in [4.78, 5) is 6.25. The summed E-state index contributed by atoms with van der Waals surface area (Å²) >= 11 is 0. The Hall–Kier alpha value is -1.57. The van der Waals surface area contributed by atoms with Gasteiger partial charge in [-0.15, -0.1) is 0 Å². The van der Waals surface area contributed by atoms with Gasteiger partial charge in [0, 0.05) is 19.3 Å². The zero-order valence-electron chi connectivity index (χ0n) is 7.43. The molecule has 13 heavy (non-hydrogen) atoms. The lowest BCUT2D eigenvalue weighted by Crippen LogP contribution is -2.22. The minimum Gasteiger partial charge on any atom is -0.354 e. The first-order valence-corrected chi connectivity index (χ1v) is 4.41. The van der Waals surface area contributed by atoms with Crippen LogP contribution in [0.1, 0.15) is 5.56 Å². The van der Waals surface area contributed by atoms with E-state index in [0.29, 0.717) is 0 Å². The maximum absolute atomic E-state index is 4.08. The molecule has 0 N–H and O–H groups in total. The monoisotopic (exact) mass is 172 g/mol. The van der Waals surface area contributed by atoms with Crippen LogP contribution in [0.25, 0.3) is 0 Å². The molecule has 0 aromatic heterocycles. The molecular formula is C11H12N2. The Labute approximate surface area is 78.2 Å². The third-order valence-electron chi connectivity index (χ3n) is 1.99. The van der Waals surface area contributed by atoms with Gasteiger partial charge in [-0.2, -0.15) is 0 Å². The van der Waals surface area contributed by atoms with Crippen molar-refractivity contribution in [1.29, 1.82) is 0 Å². The molecule has 0 amide bonds. The highest BCUT2D eigenvalue weighted by molar-refractivity contribution is 5.57. The molecule has 0 atom stereocenters. The summed E-state index contributed by atoms with van der Waals surface area (Å²) in [5.74, 6) is 0. The second-order valence-corrected chi connectivity index (χ2v) is 3.06. The minimum atomic E-state index is 0.939. The number of benzene rings is 1. The fraction of sp³-hybridized carbons (Fsp3) is 0.182. The van der Waals surface area contributed by atoms with E-state index in [2.05, 4.69) is 40.2 Å². The molecule has 0 aliphatic carbocycles. The fourth-order valence-corrected chi connectivity index (χ4v) is 1.35. The molecule has 66 valence electrons. The van der Waals surface area contributed by atoms with E-state index in [4.69, 9.17) is 0 Å². The predicted molar refractivity (Wildman–Crippen MR) is 54.5 cm³/mol. The lowest BCUT2D eigenvalue weighted by molar-refractivity contribution is 0.465. The fourth-order valence-electron chi connectivity index (χ4n) is 1.35. The van der Waals surface area contributed by atoms with Crippen molar-refractivity contribution in [2.45, 2.75) is 6.54 Å². The first kappa shape index (κ1) is 8.05. The van der Waals surface area contributed by atoms with Crippen LogP contribution in [0.5, 0.6) is 0 Å². The Bertz CT molecular complexity index is 314. The average Bonchev–Trinajstić information content (AvgIpc) is 2.21. The van der Waals surface area contributed by atoms with Crippen LogP contribution < -0.4 is 0 Å². The van der Waals surface area contributed by atoms with Gasteiger partial charge >= 0.3 is 0 Å². The van der Waals surface area contributed by atoms with E-state index in [1.807, 2.05) is 18.6 Å². The molecular weight excluding hydrogens is 160 g/mol. The van der Waals surface area contributed by atoms with Crippen molar-refractivity contribution in [3.8, 4) is 0 Å². The first-order valence-electron chi connectivity index (χ1n) is 4.41. The van der Waals surface area contributed by atoms with Crippen molar-refractivity contribution in [2.75, 3.05) is 6.54 Å². The molecule has 0 spiro atoms. The standard InChI is InChI=1S/C11H12N2/c1-2-5-11(6-3-1)9-13-8-4-7-12-10-13/h1-7,10H,8-9H2. The molecule has 0 saturated heterocycles. The van der Waals surface area contributed by atoms with Gasteiger partial charge in [-0.05, 0) is 11.6 Å². The van der Waals surface area contributed by atoms with E-state index in [0.717, 1.165) is 13.1 Å². The van der Waals surface area contributed by atoms with Crippen LogP contribution >= 0.6 is 0 Å². The first-order chi connectivity index (χ1) is 6.45. The van der Waals surface area contributed by atoms with Gasteiger partial charge < -0.3 is 4.90 Å². The molecule has 0 bridgehead atoms. The van der Waals surface area contributed by atoms with Gasteiger partial charge in [0.15, 0.2) is 0 Å². The highest BCUT2D eigenvalue weighted by Gasteiger charge is 2.00. The van der Waals surface area contributed by atoms with Crippen LogP contribution in [0.4, 0.5) is 0 Å². The molecule has 0 saturated carbocycles. The molecule has 1 aromatic carbocycles. The van der Waals surface area contributed by atoms with Crippen LogP contribution in [0.2, 0.25) is 0 Å². The molecule has 1 aromatic rings. The van der Waals surface area contributed by atoms with Crippen molar-refractivity contribution in [3.63, 3.8) is 0 Å². The number of rotatable bonds is 2. The highest BCUT2D eigenvalue weighted by atomic mass is 15.1. The van der Waals surface area contributed by atoms with Crippen molar-refractivity contribution in [3.05, 3.63) is 48.2 Å². The second kappa shape index (κ2) is 3.90. The Morgan fingerprint density at radius 1 is 1.23 bits per heavy atom. The minimum absolute atomic E-state index is 0.939. The van der Waals surface area contributed by atoms with E-state index in [9.17, 15) is 0 Å². The predicted octanol–water partition coefficient (Wildman–Crippen LogP) is 2.04. The zero-order chi connectivity index (χ0) is 8.93. The number of aliphatic imine (C=N–C) groups is 1. The van der Waals surface area contributed by atoms with Crippen LogP contribution in [-0.4, -0.2) is 17.8 Å². The van der Waals surface area contributed by atoms with Crippen molar-refractivity contribution < 1.29 is 0 Å². The third kappa shape index (κ3) is 2.18. The average molecular weight is 172 g/mol. The zero-order valence-corrected chi connectivity index (χ0v) is 7.43. The summed E-state index contributed by atoms with van der Waals surface area (Å²) in [5.41, 5.74) is 1.32. The molecule has 1 aliphatic rings. The Morgan fingerprint density at radius 3 is 2.77 bits per heavy atom. The van der Waals surface area contributed by atoms with Crippen molar-refractivity contribution in [2.24, 2.45) is 4.99 Å². The van der Waals surface area contributed by atoms with Gasteiger partial charge in [0.1, 0.15) is 0 Å². The quantitative estimate of drug-likeness (QED) is 0.666. The molecule has 2 heteroatoms. The van der Waals surface area contributed by atoms with Gasteiger partial charge in [-0.1, -0.05) is 30.3 Å². The van der Waals surface area contributed by atoms with Crippen LogP contribution in [-0.2, 0) is 6.54 Å². The summed E-state index contributed by atoms with van der Waals surface area (Å²) in [5, 5.41) is 0. The maximum atomic E-state index is 4.08. The maximum Gasteiger partial charge on any atom is 0.0910 e. The number of nitrogens with zero attached hydrogens (tertiary/aromatic N) is 2. The molecule has 0 fully saturated rings. The summed E-state index contributed by atoms with van der Waals surface area (Å²) in [7, 11) is 0. The molecule has 1 heterocycles. The van der Waals surface area contributed by atoms with Gasteiger partial charge in [0.25, 0.3) is 0 Å². The van der Waals surface area contributed by atoms with Crippen molar-refractivity contribution >= 4 is 6.34 Å². The van der Waals surface area contributed by atoms with E-state index in [-0.39, 0.29) is 0 Å². The highest BCUT2D eigenvalue weighted by Crippen LogP contribution is 2.04. The van der Waals surface area contributed by atoms with Crippen LogP contribution in [0.15, 0.2) is 47.6 Å². The van der Waals surface area contributed by atoms with Gasteiger partial charge in [-0.3, -0.25) is 0 Å². The second-order valence-electron chi connectivity index (χ2n) is 3.06. The SMILES string of the molecule is C1=CN=CN(Cc2ccccc2)C1. The molecule has 2 nitrogen and oxygen atoms in total. The largest absolute Gasteiger partial charge is 0.354 e. The lowest BCUT2D eigenvalue weighted by Gasteiger charge is -2.19. The summed E-state index contributed by atoms with van der Waals surface area (Å²) in [6.07, 6.45) is 5.78. The summed E-state index contributed by atoms with van der Waals surface area (Å²) in [6, 6.07) is 10.4. The van der Waals surface area contributed by atoms with Gasteiger partial charge in [-0.25, -0.2) is 4.99 Å². The topological polar surface area (TPSA) is 15.6 Å². The van der Waals surface area contributed by atoms with E-state index < -0.39 is 0 Å². The van der Waals surface area contributed by atoms with Crippen molar-refractivity contribution in [1.82, 2.24) is 4.90 Å². The Kier molecular flexibility index (Phi) is 2.41. The molecule has 2 rings (SSSR count). The Morgan fingerprint density at radius 2 is 2.08 bits per heavy atom. The summed E-state index contributed by atoms with van der Waals surface area (Å²) < 4.78 is 0. The number of hydrogen-bond acceptors (Lipinski definition) is 2. The molecule has 1 aliphatic heterocycles. The van der Waals surface area contributed by atoms with Crippen LogP contribution in [0.3, 0.4) is 0 Å². The molecule has 0 unspecified atom stereocenters. The van der Waals surface area contributed by atoms with E-state index in [1.54, 1.807) is 0 Å². The smallest absolute Gasteiger partial charge is 0.0910 e. The normalized spacial score (nSPS) is 14.9. The van der Waals surface area contributed by atoms with Crippen LogP contribution in [0, 0.1) is 0 Å². The number of hydrogen-bond donors (Lipinski definition) is 0. The third-order valence-corrected chi connectivity index (χ3v) is 1.99. The lowest BCUT2D eigenvalue weighted by atomic mass is 10.2. The molecule has 0 radical (unpaired) electrons. The van der Waals surface area contributed by atoms with Gasteiger partial charge in [0.05, 0.1) is 6.34 Å². The van der Waals surface area contributed by atoms with Gasteiger partial charge in [0.2, 0.25) is 0 Å². The Balaban J connectivity index is 1.99. The van der Waals surface area contributed by atoms with E-state index >= 15 is 0 Å².